The van der Waals surface area contributed by atoms with Crippen molar-refractivity contribution in [2.75, 3.05) is 0 Å². The fraction of sp³-hybridized carbons (Fsp3) is 0.214. The Bertz CT molecular complexity index is 659. The number of hydrogen-bond acceptors (Lipinski definition) is 3. The second-order valence-electron chi connectivity index (χ2n) is 4.39. The first-order valence-corrected chi connectivity index (χ1v) is 5.97. The summed E-state index contributed by atoms with van der Waals surface area (Å²) in [6.45, 7) is 0. The highest BCUT2D eigenvalue weighted by Gasteiger charge is 2.23. The van der Waals surface area contributed by atoms with Crippen molar-refractivity contribution in [2.45, 2.75) is 19.3 Å². The average Bonchev–Trinajstić information content (AvgIpc) is 2.39. The summed E-state index contributed by atoms with van der Waals surface area (Å²) >= 11 is 0. The summed E-state index contributed by atoms with van der Waals surface area (Å²) in [6, 6.07) is 9.37. The van der Waals surface area contributed by atoms with Gasteiger partial charge in [-0.3, -0.25) is 4.79 Å². The summed E-state index contributed by atoms with van der Waals surface area (Å²) in [5, 5.41) is 0. The van der Waals surface area contributed by atoms with Gasteiger partial charge in [0, 0.05) is 17.7 Å². The van der Waals surface area contributed by atoms with E-state index >= 15 is 0 Å². The molecule has 4 heteroatoms. The standard InChI is InChI=1S/C14H12N2O2/c17-11-8-4-7-10-12(11)13(16-14(18)15-10)9-5-2-1-3-6-9/h1-3,5-6H,4,7-8H2,(H,15,16,18). The predicted octanol–water partition coefficient (Wildman–Crippen LogP) is 1.96. The molecule has 0 saturated carbocycles. The first-order chi connectivity index (χ1) is 8.75. The smallest absolute Gasteiger partial charge is 0.309 e. The van der Waals surface area contributed by atoms with Crippen LogP contribution in [0.25, 0.3) is 11.3 Å². The van der Waals surface area contributed by atoms with Gasteiger partial charge in [-0.05, 0) is 12.8 Å². The zero-order valence-corrected chi connectivity index (χ0v) is 9.77. The Kier molecular flexibility index (Phi) is 2.55. The Labute approximate surface area is 104 Å². The van der Waals surface area contributed by atoms with E-state index in [1.807, 2.05) is 30.3 Å². The van der Waals surface area contributed by atoms with Gasteiger partial charge >= 0.3 is 5.69 Å². The van der Waals surface area contributed by atoms with E-state index in [2.05, 4.69) is 9.97 Å². The molecule has 3 rings (SSSR count). The van der Waals surface area contributed by atoms with Gasteiger partial charge in [0.15, 0.2) is 5.78 Å². The number of rotatable bonds is 1. The molecule has 1 aliphatic carbocycles. The topological polar surface area (TPSA) is 62.8 Å². The van der Waals surface area contributed by atoms with Crippen LogP contribution in [0, 0.1) is 0 Å². The second kappa shape index (κ2) is 4.22. The van der Waals surface area contributed by atoms with Crippen LogP contribution >= 0.6 is 0 Å². The quantitative estimate of drug-likeness (QED) is 0.828. The molecule has 1 heterocycles. The van der Waals surface area contributed by atoms with Crippen molar-refractivity contribution in [2.24, 2.45) is 0 Å². The first kappa shape index (κ1) is 10.9. The molecule has 1 aliphatic rings. The van der Waals surface area contributed by atoms with Crippen molar-refractivity contribution in [3.05, 3.63) is 52.1 Å². The monoisotopic (exact) mass is 240 g/mol. The van der Waals surface area contributed by atoms with E-state index in [0.29, 0.717) is 17.7 Å². The number of carbonyl (C=O) groups excluding carboxylic acids is 1. The molecule has 0 amide bonds. The highest BCUT2D eigenvalue weighted by molar-refractivity contribution is 6.03. The van der Waals surface area contributed by atoms with Crippen molar-refractivity contribution in [1.82, 2.24) is 9.97 Å². The molecule has 0 radical (unpaired) electrons. The normalized spacial score (nSPS) is 14.3. The van der Waals surface area contributed by atoms with Crippen molar-refractivity contribution in [1.29, 1.82) is 0 Å². The van der Waals surface area contributed by atoms with E-state index in [0.717, 1.165) is 24.1 Å². The van der Waals surface area contributed by atoms with Crippen molar-refractivity contribution < 1.29 is 4.79 Å². The van der Waals surface area contributed by atoms with Crippen LogP contribution in [0.5, 0.6) is 0 Å². The Morgan fingerprint density at radius 2 is 1.83 bits per heavy atom. The second-order valence-corrected chi connectivity index (χ2v) is 4.39. The van der Waals surface area contributed by atoms with Crippen molar-refractivity contribution >= 4 is 5.78 Å². The van der Waals surface area contributed by atoms with Crippen LogP contribution in [0.3, 0.4) is 0 Å². The Morgan fingerprint density at radius 1 is 1.06 bits per heavy atom. The van der Waals surface area contributed by atoms with E-state index in [4.69, 9.17) is 0 Å². The summed E-state index contributed by atoms with van der Waals surface area (Å²) in [4.78, 5) is 30.2. The van der Waals surface area contributed by atoms with Crippen LogP contribution in [-0.2, 0) is 6.42 Å². The van der Waals surface area contributed by atoms with E-state index in [9.17, 15) is 9.59 Å². The molecular weight excluding hydrogens is 228 g/mol. The van der Waals surface area contributed by atoms with Gasteiger partial charge in [-0.2, -0.15) is 4.98 Å². The minimum absolute atomic E-state index is 0.0684. The van der Waals surface area contributed by atoms with Gasteiger partial charge in [-0.15, -0.1) is 0 Å². The van der Waals surface area contributed by atoms with Gasteiger partial charge in [0.05, 0.1) is 11.3 Å². The third-order valence-electron chi connectivity index (χ3n) is 3.17. The lowest BCUT2D eigenvalue weighted by molar-refractivity contribution is 0.0972. The summed E-state index contributed by atoms with van der Waals surface area (Å²) in [5.74, 6) is 0.0684. The Hall–Kier alpha value is -2.23. The minimum atomic E-state index is -0.387. The number of carbonyl (C=O) groups is 1. The third kappa shape index (κ3) is 1.76. The zero-order chi connectivity index (χ0) is 12.5. The van der Waals surface area contributed by atoms with E-state index in [-0.39, 0.29) is 11.5 Å². The number of hydrogen-bond donors (Lipinski definition) is 1. The Morgan fingerprint density at radius 3 is 2.61 bits per heavy atom. The van der Waals surface area contributed by atoms with E-state index in [1.54, 1.807) is 0 Å². The van der Waals surface area contributed by atoms with Gasteiger partial charge in [-0.25, -0.2) is 4.79 Å². The highest BCUT2D eigenvalue weighted by atomic mass is 16.1. The van der Waals surface area contributed by atoms with Crippen molar-refractivity contribution in [3.8, 4) is 11.3 Å². The van der Waals surface area contributed by atoms with Crippen LogP contribution in [0.15, 0.2) is 35.1 Å². The lowest BCUT2D eigenvalue weighted by atomic mass is 9.91. The molecule has 0 bridgehead atoms. The number of Topliss-reactive ketones (excluding diaryl/α,β-unsaturated/α-hetero) is 1. The number of H-pyrrole nitrogens is 1. The third-order valence-corrected chi connectivity index (χ3v) is 3.17. The average molecular weight is 240 g/mol. The lowest BCUT2D eigenvalue weighted by Gasteiger charge is -2.16. The number of ketones is 1. The van der Waals surface area contributed by atoms with Gasteiger partial charge in [0.2, 0.25) is 0 Å². The number of fused-ring (bicyclic) bond motifs is 1. The first-order valence-electron chi connectivity index (χ1n) is 5.97. The van der Waals surface area contributed by atoms with Gasteiger partial charge in [0.25, 0.3) is 0 Å². The number of nitrogens with zero attached hydrogens (tertiary/aromatic N) is 1. The maximum absolute atomic E-state index is 12.0. The lowest BCUT2D eigenvalue weighted by Crippen LogP contribution is -2.23. The molecule has 4 nitrogen and oxygen atoms in total. The number of aryl methyl sites for hydroxylation is 1. The number of aromatic nitrogens is 2. The van der Waals surface area contributed by atoms with Crippen LogP contribution in [0.2, 0.25) is 0 Å². The molecule has 0 saturated heterocycles. The summed E-state index contributed by atoms with van der Waals surface area (Å²) in [7, 11) is 0. The molecule has 0 aliphatic heterocycles. The van der Waals surface area contributed by atoms with Gasteiger partial charge in [-0.1, -0.05) is 30.3 Å². The highest BCUT2D eigenvalue weighted by Crippen LogP contribution is 2.27. The molecule has 0 unspecified atom stereocenters. The molecule has 1 aromatic carbocycles. The molecule has 1 N–H and O–H groups in total. The molecule has 2 aromatic rings. The largest absolute Gasteiger partial charge is 0.345 e. The summed E-state index contributed by atoms with van der Waals surface area (Å²) in [5.41, 5.74) is 2.26. The predicted molar refractivity (Wildman–Crippen MR) is 67.6 cm³/mol. The minimum Gasteiger partial charge on any atom is -0.309 e. The number of nitrogens with one attached hydrogen (secondary N) is 1. The maximum Gasteiger partial charge on any atom is 0.345 e. The summed E-state index contributed by atoms with van der Waals surface area (Å²) < 4.78 is 0. The molecule has 0 spiro atoms. The zero-order valence-electron chi connectivity index (χ0n) is 9.77. The van der Waals surface area contributed by atoms with Crippen LogP contribution in [-0.4, -0.2) is 15.8 Å². The fourth-order valence-corrected chi connectivity index (χ4v) is 2.36. The fourth-order valence-electron chi connectivity index (χ4n) is 2.36. The number of aromatic amines is 1. The van der Waals surface area contributed by atoms with Crippen LogP contribution in [0.4, 0.5) is 0 Å². The van der Waals surface area contributed by atoms with Crippen LogP contribution < -0.4 is 5.69 Å². The molecule has 0 atom stereocenters. The molecule has 90 valence electrons. The number of benzene rings is 1. The molecule has 1 aromatic heterocycles. The van der Waals surface area contributed by atoms with Gasteiger partial charge in [0.1, 0.15) is 0 Å². The van der Waals surface area contributed by atoms with Crippen molar-refractivity contribution in [3.63, 3.8) is 0 Å². The molecule has 18 heavy (non-hydrogen) atoms. The Balaban J connectivity index is 2.29. The van der Waals surface area contributed by atoms with E-state index < -0.39 is 0 Å². The van der Waals surface area contributed by atoms with E-state index in [1.165, 1.54) is 0 Å². The SMILES string of the molecule is O=C1CCCc2[nH]c(=O)nc(-c3ccccc3)c21. The van der Waals surface area contributed by atoms with Gasteiger partial charge < -0.3 is 4.98 Å². The maximum atomic E-state index is 12.0. The van der Waals surface area contributed by atoms with Crippen LogP contribution in [0.1, 0.15) is 28.9 Å². The molecule has 0 fully saturated rings. The summed E-state index contributed by atoms with van der Waals surface area (Å²) in [6.07, 6.45) is 2.05. The molecular formula is C14H12N2O2.